The van der Waals surface area contributed by atoms with Crippen molar-refractivity contribution in [2.75, 3.05) is 17.2 Å². The lowest BCUT2D eigenvalue weighted by Gasteiger charge is -2.36. The van der Waals surface area contributed by atoms with E-state index < -0.39 is 33.1 Å². The first kappa shape index (κ1) is 27.2. The molecule has 1 aliphatic rings. The molecule has 0 saturated carbocycles. The van der Waals surface area contributed by atoms with Crippen molar-refractivity contribution in [3.63, 3.8) is 0 Å². The summed E-state index contributed by atoms with van der Waals surface area (Å²) < 4.78 is 69.3. The lowest BCUT2D eigenvalue weighted by Crippen LogP contribution is -2.43. The Bertz CT molecular complexity index is 1460. The number of pyridine rings is 2. The molecule has 0 aliphatic carbocycles. The smallest absolute Gasteiger partial charge is 0.406 e. The minimum absolute atomic E-state index is 0.0206. The molecule has 2 aromatic heterocycles. The number of hydrogen-bond donors (Lipinski definition) is 2. The molecular weight excluding hydrogens is 523 g/mol. The summed E-state index contributed by atoms with van der Waals surface area (Å²) in [7, 11) is -4.37. The summed E-state index contributed by atoms with van der Waals surface area (Å²) in [4.78, 5) is 23.7. The third-order valence-corrected chi connectivity index (χ3v) is 7.96. The molecule has 1 amide bonds. The SMILES string of the molecule is CC1CCN(c2ncc(-c3ccc(OC(F)(F)F)cc3)cc2C(=O)NS(=O)(=O)c2cccc(N)n2)C1(C)C. The van der Waals surface area contributed by atoms with Crippen molar-refractivity contribution in [1.29, 1.82) is 0 Å². The normalized spacial score (nSPS) is 17.3. The second-order valence-corrected chi connectivity index (χ2v) is 11.1. The van der Waals surface area contributed by atoms with Gasteiger partial charge in [-0.15, -0.1) is 13.2 Å². The van der Waals surface area contributed by atoms with Gasteiger partial charge >= 0.3 is 6.36 Å². The van der Waals surface area contributed by atoms with E-state index in [1.807, 2.05) is 23.5 Å². The van der Waals surface area contributed by atoms with Gasteiger partial charge in [0, 0.05) is 23.8 Å². The van der Waals surface area contributed by atoms with Gasteiger partial charge in [0.05, 0.1) is 5.56 Å². The summed E-state index contributed by atoms with van der Waals surface area (Å²) in [6.07, 6.45) is -2.51. The average molecular weight is 550 g/mol. The highest BCUT2D eigenvalue weighted by atomic mass is 32.2. The fraction of sp³-hybridized carbons (Fsp3) is 0.320. The van der Waals surface area contributed by atoms with Crippen LogP contribution in [-0.4, -0.2) is 42.7 Å². The van der Waals surface area contributed by atoms with E-state index in [4.69, 9.17) is 5.73 Å². The molecule has 3 heterocycles. The monoisotopic (exact) mass is 549 g/mol. The Morgan fingerprint density at radius 2 is 1.84 bits per heavy atom. The molecule has 0 spiro atoms. The highest BCUT2D eigenvalue weighted by Gasteiger charge is 2.41. The maximum absolute atomic E-state index is 13.4. The van der Waals surface area contributed by atoms with Crippen LogP contribution in [0.1, 0.15) is 37.6 Å². The van der Waals surface area contributed by atoms with Gasteiger partial charge in [0.2, 0.25) is 0 Å². The second kappa shape index (κ2) is 9.78. The number of nitrogen functional groups attached to an aromatic ring is 1. The van der Waals surface area contributed by atoms with Crippen LogP contribution in [0.25, 0.3) is 11.1 Å². The number of rotatable bonds is 6. The molecule has 0 bridgehead atoms. The summed E-state index contributed by atoms with van der Waals surface area (Å²) in [6.45, 7) is 6.69. The zero-order valence-corrected chi connectivity index (χ0v) is 21.6. The fourth-order valence-corrected chi connectivity index (χ4v) is 5.21. The number of ether oxygens (including phenoxy) is 1. The van der Waals surface area contributed by atoms with Gasteiger partial charge in [-0.1, -0.05) is 25.1 Å². The van der Waals surface area contributed by atoms with E-state index in [0.717, 1.165) is 18.6 Å². The molecule has 13 heteroatoms. The number of anilines is 2. The van der Waals surface area contributed by atoms with E-state index in [-0.39, 0.29) is 28.7 Å². The molecule has 9 nitrogen and oxygen atoms in total. The van der Waals surface area contributed by atoms with E-state index in [2.05, 4.69) is 21.6 Å². The molecule has 3 N–H and O–H groups in total. The van der Waals surface area contributed by atoms with Gasteiger partial charge in [-0.3, -0.25) is 4.79 Å². The summed E-state index contributed by atoms with van der Waals surface area (Å²) in [6, 6.07) is 10.5. The predicted molar refractivity (Wildman–Crippen MR) is 135 cm³/mol. The van der Waals surface area contributed by atoms with E-state index in [0.29, 0.717) is 17.7 Å². The van der Waals surface area contributed by atoms with Crippen LogP contribution >= 0.6 is 0 Å². The van der Waals surface area contributed by atoms with Crippen LogP contribution in [0.5, 0.6) is 5.75 Å². The number of nitrogens with zero attached hydrogens (tertiary/aromatic N) is 3. The molecule has 4 rings (SSSR count). The van der Waals surface area contributed by atoms with Gasteiger partial charge in [0.15, 0.2) is 5.03 Å². The first-order chi connectivity index (χ1) is 17.7. The average Bonchev–Trinajstić information content (AvgIpc) is 3.10. The molecule has 202 valence electrons. The van der Waals surface area contributed by atoms with Crippen LogP contribution in [0.4, 0.5) is 24.8 Å². The minimum atomic E-state index is -4.83. The standard InChI is InChI=1S/C25H26F3N5O4S/c1-15-11-12-33(24(15,2)3)22-19(23(34)32-38(35,36)21-6-4-5-20(29)31-21)13-17(14-30-22)16-7-9-18(10-8-16)37-25(26,27)28/h4-10,13-15H,11-12H2,1-3H3,(H2,29,31)(H,32,34). The predicted octanol–water partition coefficient (Wildman–Crippen LogP) is 4.37. The van der Waals surface area contributed by atoms with E-state index >= 15 is 0 Å². The summed E-state index contributed by atoms with van der Waals surface area (Å²) in [5.74, 6) is -0.826. The van der Waals surface area contributed by atoms with Gasteiger partial charge in [-0.25, -0.2) is 14.7 Å². The number of aromatic nitrogens is 2. The second-order valence-electron chi connectivity index (χ2n) is 9.50. The third kappa shape index (κ3) is 5.67. The first-order valence-electron chi connectivity index (χ1n) is 11.6. The Morgan fingerprint density at radius 3 is 2.42 bits per heavy atom. The maximum atomic E-state index is 13.4. The van der Waals surface area contributed by atoms with Gasteiger partial charge in [0.1, 0.15) is 17.4 Å². The molecule has 1 aliphatic heterocycles. The van der Waals surface area contributed by atoms with Gasteiger partial charge in [-0.2, -0.15) is 8.42 Å². The molecular formula is C25H26F3N5O4S. The maximum Gasteiger partial charge on any atom is 0.573 e. The molecule has 0 radical (unpaired) electrons. The number of halogens is 3. The number of sulfonamides is 1. The van der Waals surface area contributed by atoms with Crippen molar-refractivity contribution in [2.24, 2.45) is 5.92 Å². The van der Waals surface area contributed by atoms with Crippen molar-refractivity contribution in [3.05, 3.63) is 60.3 Å². The van der Waals surface area contributed by atoms with Crippen LogP contribution in [0, 0.1) is 5.92 Å². The van der Waals surface area contributed by atoms with Crippen molar-refractivity contribution < 1.29 is 31.1 Å². The number of carbonyl (C=O) groups excluding carboxylic acids is 1. The van der Waals surface area contributed by atoms with Crippen LogP contribution in [0.3, 0.4) is 0 Å². The Balaban J connectivity index is 1.74. The summed E-state index contributed by atoms with van der Waals surface area (Å²) in [5.41, 5.74) is 6.04. The lowest BCUT2D eigenvalue weighted by atomic mass is 9.90. The van der Waals surface area contributed by atoms with E-state index in [1.165, 1.54) is 42.6 Å². The molecule has 1 unspecified atom stereocenters. The number of amides is 1. The van der Waals surface area contributed by atoms with Crippen LogP contribution < -0.4 is 20.1 Å². The number of nitrogens with one attached hydrogen (secondary N) is 1. The number of hydrogen-bond acceptors (Lipinski definition) is 8. The number of benzene rings is 1. The van der Waals surface area contributed by atoms with Crippen molar-refractivity contribution in [2.45, 2.75) is 44.1 Å². The zero-order valence-electron chi connectivity index (χ0n) is 20.8. The Labute approximate surface area is 217 Å². The summed E-state index contributed by atoms with van der Waals surface area (Å²) >= 11 is 0. The highest BCUT2D eigenvalue weighted by molar-refractivity contribution is 7.90. The van der Waals surface area contributed by atoms with Crippen LogP contribution in [-0.2, 0) is 10.0 Å². The topological polar surface area (TPSA) is 128 Å². The summed E-state index contributed by atoms with van der Waals surface area (Å²) in [5, 5.41) is -0.424. The Hall–Kier alpha value is -3.87. The molecule has 1 saturated heterocycles. The minimum Gasteiger partial charge on any atom is -0.406 e. The third-order valence-electron chi connectivity index (χ3n) is 6.72. The van der Waals surface area contributed by atoms with Crippen molar-refractivity contribution in [3.8, 4) is 16.9 Å². The van der Waals surface area contributed by atoms with Crippen molar-refractivity contribution in [1.82, 2.24) is 14.7 Å². The molecule has 1 atom stereocenters. The Morgan fingerprint density at radius 1 is 1.16 bits per heavy atom. The number of alkyl halides is 3. The fourth-order valence-electron chi connectivity index (χ4n) is 4.27. The van der Waals surface area contributed by atoms with Crippen molar-refractivity contribution >= 4 is 27.6 Å². The van der Waals surface area contributed by atoms with Crippen LogP contribution in [0.2, 0.25) is 0 Å². The molecule has 1 aromatic carbocycles. The van der Waals surface area contributed by atoms with Gasteiger partial charge in [0.25, 0.3) is 15.9 Å². The highest BCUT2D eigenvalue weighted by Crippen LogP contribution is 2.39. The quantitative estimate of drug-likeness (QED) is 0.464. The largest absolute Gasteiger partial charge is 0.573 e. The van der Waals surface area contributed by atoms with E-state index in [1.54, 1.807) is 0 Å². The van der Waals surface area contributed by atoms with E-state index in [9.17, 15) is 26.4 Å². The first-order valence-corrected chi connectivity index (χ1v) is 13.1. The lowest BCUT2D eigenvalue weighted by molar-refractivity contribution is -0.274. The Kier molecular flexibility index (Phi) is 6.99. The number of nitrogens with two attached hydrogens (primary N) is 1. The molecule has 1 fully saturated rings. The zero-order chi connectivity index (χ0) is 27.9. The van der Waals surface area contributed by atoms with Gasteiger partial charge < -0.3 is 15.4 Å². The molecule has 38 heavy (non-hydrogen) atoms. The van der Waals surface area contributed by atoms with Gasteiger partial charge in [-0.05, 0) is 62.1 Å². The van der Waals surface area contributed by atoms with Crippen LogP contribution in [0.15, 0.2) is 59.8 Å². The number of carbonyl (C=O) groups is 1. The molecule has 3 aromatic rings.